The minimum Gasteiger partial charge on any atom is -0.487 e. The van der Waals surface area contributed by atoms with Crippen molar-refractivity contribution < 1.29 is 4.74 Å². The van der Waals surface area contributed by atoms with Gasteiger partial charge in [-0.05, 0) is 80.5 Å². The maximum absolute atomic E-state index is 6.07. The monoisotopic (exact) mass is 428 g/mol. The van der Waals surface area contributed by atoms with Crippen molar-refractivity contribution in [2.24, 2.45) is 0 Å². The van der Waals surface area contributed by atoms with Gasteiger partial charge in [0.25, 0.3) is 0 Å². The molecule has 0 atom stereocenters. The quantitative estimate of drug-likeness (QED) is 0.616. The Hall–Kier alpha value is -0.550. The van der Waals surface area contributed by atoms with Crippen LogP contribution in [0.1, 0.15) is 23.1 Å². The molecule has 0 saturated heterocycles. The van der Waals surface area contributed by atoms with E-state index in [-0.39, 0.29) is 0 Å². The van der Waals surface area contributed by atoms with Gasteiger partial charge >= 0.3 is 0 Å². The predicted octanol–water partition coefficient (Wildman–Crippen LogP) is 5.12. The molecule has 0 radical (unpaired) electrons. The highest BCUT2D eigenvalue weighted by atomic mass is 127. The summed E-state index contributed by atoms with van der Waals surface area (Å²) in [4.78, 5) is 0. The topological polar surface area (TPSA) is 9.23 Å². The summed E-state index contributed by atoms with van der Waals surface area (Å²) < 4.78 is 8.50. The minimum atomic E-state index is 0.631. The van der Waals surface area contributed by atoms with Crippen molar-refractivity contribution in [3.63, 3.8) is 0 Å². The van der Waals surface area contributed by atoms with Crippen molar-refractivity contribution in [3.05, 3.63) is 61.1 Å². The minimum absolute atomic E-state index is 0.631. The zero-order valence-corrected chi connectivity index (χ0v) is 14.2. The first-order valence-corrected chi connectivity index (χ1v) is 8.29. The summed E-state index contributed by atoms with van der Waals surface area (Å²) in [5.41, 5.74) is 4.08. The Kier molecular flexibility index (Phi) is 4.12. The Bertz CT molecular complexity index is 595. The average Bonchev–Trinajstić information content (AvgIpc) is 2.89. The van der Waals surface area contributed by atoms with Crippen molar-refractivity contribution in [1.82, 2.24) is 0 Å². The van der Waals surface area contributed by atoms with E-state index in [1.54, 1.807) is 0 Å². The molecule has 2 aromatic rings. The van der Waals surface area contributed by atoms with E-state index in [0.717, 1.165) is 16.6 Å². The maximum Gasteiger partial charge on any atom is 0.137 e. The first-order chi connectivity index (χ1) is 9.25. The van der Waals surface area contributed by atoms with Gasteiger partial charge in [-0.25, -0.2) is 0 Å². The van der Waals surface area contributed by atoms with Crippen molar-refractivity contribution >= 4 is 38.5 Å². The predicted molar refractivity (Wildman–Crippen MR) is 89.7 cm³/mol. The van der Waals surface area contributed by atoms with E-state index in [0.29, 0.717) is 6.61 Å². The van der Waals surface area contributed by atoms with E-state index in [4.69, 9.17) is 4.74 Å². The van der Waals surface area contributed by atoms with E-state index >= 15 is 0 Å². The Morgan fingerprint density at radius 1 is 1.11 bits per heavy atom. The molecule has 1 aliphatic carbocycles. The molecule has 0 fully saturated rings. The van der Waals surface area contributed by atoms with Crippen LogP contribution in [0, 0.1) is 3.57 Å². The summed E-state index contributed by atoms with van der Waals surface area (Å²) in [7, 11) is 0. The van der Waals surface area contributed by atoms with Gasteiger partial charge in [0.05, 0.1) is 4.47 Å². The van der Waals surface area contributed by atoms with E-state index < -0.39 is 0 Å². The van der Waals surface area contributed by atoms with Crippen molar-refractivity contribution in [1.29, 1.82) is 0 Å². The van der Waals surface area contributed by atoms with Gasteiger partial charge in [0.1, 0.15) is 12.4 Å². The Morgan fingerprint density at radius 3 is 2.63 bits per heavy atom. The lowest BCUT2D eigenvalue weighted by Gasteiger charge is -2.14. The largest absolute Gasteiger partial charge is 0.487 e. The summed E-state index contributed by atoms with van der Waals surface area (Å²) in [6, 6.07) is 12.5. The Balaban J connectivity index is 1.87. The van der Waals surface area contributed by atoms with Crippen LogP contribution in [0.3, 0.4) is 0 Å². The zero-order valence-electron chi connectivity index (χ0n) is 10.5. The number of hydrogen-bond acceptors (Lipinski definition) is 1. The lowest BCUT2D eigenvalue weighted by Crippen LogP contribution is -2.00. The molecule has 0 bridgehead atoms. The molecule has 0 heterocycles. The van der Waals surface area contributed by atoms with E-state index in [1.165, 1.54) is 33.1 Å². The molecule has 98 valence electrons. The molecule has 0 aliphatic heterocycles. The molecular formula is C16H14BrIO. The molecule has 1 nitrogen and oxygen atoms in total. The number of benzene rings is 2. The van der Waals surface area contributed by atoms with E-state index in [9.17, 15) is 0 Å². The second kappa shape index (κ2) is 5.83. The summed E-state index contributed by atoms with van der Waals surface area (Å²) in [6.07, 6.45) is 3.56. The van der Waals surface area contributed by atoms with Gasteiger partial charge in [-0.1, -0.05) is 30.3 Å². The first-order valence-electron chi connectivity index (χ1n) is 6.42. The number of rotatable bonds is 3. The van der Waals surface area contributed by atoms with Gasteiger partial charge in [0.15, 0.2) is 0 Å². The first kappa shape index (κ1) is 13.4. The molecule has 0 spiro atoms. The average molecular weight is 429 g/mol. The van der Waals surface area contributed by atoms with Crippen LogP contribution in [-0.4, -0.2) is 0 Å². The fraction of sp³-hybridized carbons (Fsp3) is 0.250. The number of halogens is 2. The van der Waals surface area contributed by atoms with Gasteiger partial charge in [0, 0.05) is 3.57 Å². The fourth-order valence-electron chi connectivity index (χ4n) is 2.55. The number of hydrogen-bond donors (Lipinski definition) is 0. The van der Waals surface area contributed by atoms with Crippen molar-refractivity contribution in [3.8, 4) is 5.75 Å². The SMILES string of the molecule is Brc1cc(I)c2c(c1OCc1ccccc1)CCC2. The molecule has 0 aromatic heterocycles. The second-order valence-electron chi connectivity index (χ2n) is 4.75. The lowest BCUT2D eigenvalue weighted by molar-refractivity contribution is 0.301. The number of fused-ring (bicyclic) bond motifs is 1. The highest BCUT2D eigenvalue weighted by molar-refractivity contribution is 14.1. The highest BCUT2D eigenvalue weighted by Crippen LogP contribution is 2.40. The third-order valence-corrected chi connectivity index (χ3v) is 5.03. The molecule has 1 aliphatic rings. The lowest BCUT2D eigenvalue weighted by atomic mass is 10.1. The van der Waals surface area contributed by atoms with Crippen molar-refractivity contribution in [2.75, 3.05) is 0 Å². The summed E-state index contributed by atoms with van der Waals surface area (Å²) >= 11 is 6.07. The molecule has 0 unspecified atom stereocenters. The van der Waals surface area contributed by atoms with Gasteiger partial charge < -0.3 is 4.74 Å². The molecule has 2 aromatic carbocycles. The van der Waals surface area contributed by atoms with Crippen LogP contribution in [0.2, 0.25) is 0 Å². The molecule has 19 heavy (non-hydrogen) atoms. The second-order valence-corrected chi connectivity index (χ2v) is 6.77. The molecule has 0 saturated carbocycles. The molecule has 3 rings (SSSR count). The molecular weight excluding hydrogens is 415 g/mol. The van der Waals surface area contributed by atoms with Gasteiger partial charge in [-0.3, -0.25) is 0 Å². The van der Waals surface area contributed by atoms with Crippen LogP contribution in [-0.2, 0) is 19.4 Å². The fourth-order valence-corrected chi connectivity index (χ4v) is 4.47. The van der Waals surface area contributed by atoms with Crippen LogP contribution in [0.4, 0.5) is 0 Å². The van der Waals surface area contributed by atoms with Gasteiger partial charge in [0.2, 0.25) is 0 Å². The smallest absolute Gasteiger partial charge is 0.137 e. The van der Waals surface area contributed by atoms with E-state index in [1.807, 2.05) is 18.2 Å². The third kappa shape index (κ3) is 2.82. The molecule has 3 heteroatoms. The third-order valence-electron chi connectivity index (χ3n) is 3.48. The molecule has 0 amide bonds. The van der Waals surface area contributed by atoms with Crippen LogP contribution in [0.15, 0.2) is 40.9 Å². The van der Waals surface area contributed by atoms with Gasteiger partial charge in [-0.15, -0.1) is 0 Å². The van der Waals surface area contributed by atoms with Crippen LogP contribution < -0.4 is 4.74 Å². The highest BCUT2D eigenvalue weighted by Gasteiger charge is 2.21. The summed E-state index contributed by atoms with van der Waals surface area (Å²) in [6.45, 7) is 0.631. The van der Waals surface area contributed by atoms with Crippen LogP contribution >= 0.6 is 38.5 Å². The summed E-state index contributed by atoms with van der Waals surface area (Å²) in [5, 5.41) is 0. The Labute approximate surface area is 135 Å². The van der Waals surface area contributed by atoms with Gasteiger partial charge in [-0.2, -0.15) is 0 Å². The standard InChI is InChI=1S/C16H14BrIO/c17-14-9-15(18)12-7-4-8-13(12)16(14)19-10-11-5-2-1-3-6-11/h1-3,5-6,9H,4,7-8,10H2. The zero-order chi connectivity index (χ0) is 13.2. The Morgan fingerprint density at radius 2 is 1.84 bits per heavy atom. The maximum atomic E-state index is 6.07. The molecule has 0 N–H and O–H groups in total. The van der Waals surface area contributed by atoms with Crippen LogP contribution in [0.25, 0.3) is 0 Å². The summed E-state index contributed by atoms with van der Waals surface area (Å²) in [5.74, 6) is 1.04. The van der Waals surface area contributed by atoms with E-state index in [2.05, 4.69) is 56.7 Å². The van der Waals surface area contributed by atoms with Crippen molar-refractivity contribution in [2.45, 2.75) is 25.9 Å². The normalized spacial score (nSPS) is 13.4. The number of ether oxygens (including phenoxy) is 1. The van der Waals surface area contributed by atoms with Crippen LogP contribution in [0.5, 0.6) is 5.75 Å².